The molecule has 32 heavy (non-hydrogen) atoms. The number of nitrogens with zero attached hydrogens (tertiary/aromatic N) is 4. The summed E-state index contributed by atoms with van der Waals surface area (Å²) in [6.07, 6.45) is 5.17. The first-order valence-electron chi connectivity index (χ1n) is 10.3. The molecule has 1 aliphatic carbocycles. The highest BCUT2D eigenvalue weighted by Crippen LogP contribution is 2.34. The maximum Gasteiger partial charge on any atom is 0.291 e. The molecule has 1 fully saturated rings. The third-order valence-corrected chi connectivity index (χ3v) is 6.49. The maximum absolute atomic E-state index is 13.1. The Hall–Kier alpha value is -3.02. The van der Waals surface area contributed by atoms with E-state index in [4.69, 9.17) is 27.7 Å². The summed E-state index contributed by atoms with van der Waals surface area (Å²) in [4.78, 5) is 26.1. The standard InChI is InChI=1S/C22H21Cl2N5O3/c1-12-18(22(31)29(28(12)2)14-6-4-3-5-7-14)26-21(30)19-16(11-25)20(32-27-19)15-9-8-13(23)10-17(15)24/h8-10,14H,3-7H2,1-2H3,(H,26,30). The van der Waals surface area contributed by atoms with Crippen LogP contribution in [0, 0.1) is 18.3 Å². The number of nitriles is 1. The van der Waals surface area contributed by atoms with Crippen molar-refractivity contribution in [1.82, 2.24) is 14.5 Å². The van der Waals surface area contributed by atoms with E-state index < -0.39 is 5.91 Å². The molecule has 8 nitrogen and oxygen atoms in total. The van der Waals surface area contributed by atoms with Gasteiger partial charge in [0.25, 0.3) is 11.5 Å². The van der Waals surface area contributed by atoms with Crippen molar-refractivity contribution in [2.24, 2.45) is 7.05 Å². The molecule has 0 radical (unpaired) electrons. The zero-order valence-electron chi connectivity index (χ0n) is 17.6. The van der Waals surface area contributed by atoms with Crippen LogP contribution in [0.15, 0.2) is 27.5 Å². The monoisotopic (exact) mass is 473 g/mol. The molecule has 1 amide bonds. The number of benzene rings is 1. The molecule has 1 N–H and O–H groups in total. The van der Waals surface area contributed by atoms with E-state index in [1.54, 1.807) is 35.5 Å². The van der Waals surface area contributed by atoms with Crippen LogP contribution >= 0.6 is 23.2 Å². The van der Waals surface area contributed by atoms with Crippen molar-refractivity contribution in [3.63, 3.8) is 0 Å². The molecular formula is C22H21Cl2N5O3. The lowest BCUT2D eigenvalue weighted by Gasteiger charge is -2.24. The smallest absolute Gasteiger partial charge is 0.291 e. The maximum atomic E-state index is 13.1. The van der Waals surface area contributed by atoms with E-state index in [-0.39, 0.29) is 39.3 Å². The van der Waals surface area contributed by atoms with Gasteiger partial charge in [0, 0.05) is 17.6 Å². The number of halogens is 2. The van der Waals surface area contributed by atoms with Gasteiger partial charge >= 0.3 is 0 Å². The minimum Gasteiger partial charge on any atom is -0.354 e. The highest BCUT2D eigenvalue weighted by molar-refractivity contribution is 6.36. The largest absolute Gasteiger partial charge is 0.354 e. The van der Waals surface area contributed by atoms with Crippen LogP contribution in [0.3, 0.4) is 0 Å². The Morgan fingerprint density at radius 1 is 1.28 bits per heavy atom. The summed E-state index contributed by atoms with van der Waals surface area (Å²) in [6, 6.07) is 6.73. The van der Waals surface area contributed by atoms with Crippen molar-refractivity contribution in [3.05, 3.63) is 55.5 Å². The van der Waals surface area contributed by atoms with Crippen molar-refractivity contribution in [3.8, 4) is 17.4 Å². The molecule has 0 atom stereocenters. The van der Waals surface area contributed by atoms with Crippen LogP contribution in [0.2, 0.25) is 10.0 Å². The minimum atomic E-state index is -0.705. The van der Waals surface area contributed by atoms with Gasteiger partial charge in [-0.05, 0) is 38.0 Å². The fraction of sp³-hybridized carbons (Fsp3) is 0.364. The molecule has 0 bridgehead atoms. The number of carbonyl (C=O) groups excluding carboxylic acids is 1. The van der Waals surface area contributed by atoms with E-state index in [0.717, 1.165) is 25.7 Å². The van der Waals surface area contributed by atoms with Crippen molar-refractivity contribution < 1.29 is 9.32 Å². The molecule has 10 heteroatoms. The van der Waals surface area contributed by atoms with E-state index in [1.165, 1.54) is 12.5 Å². The number of anilines is 1. The average molecular weight is 474 g/mol. The summed E-state index contributed by atoms with van der Waals surface area (Å²) >= 11 is 12.1. The molecule has 1 aromatic carbocycles. The normalized spacial score (nSPS) is 14.3. The summed E-state index contributed by atoms with van der Waals surface area (Å²) in [5.74, 6) is -0.646. The molecular weight excluding hydrogens is 453 g/mol. The lowest BCUT2D eigenvalue weighted by atomic mass is 9.96. The summed E-state index contributed by atoms with van der Waals surface area (Å²) in [5, 5.41) is 16.8. The Morgan fingerprint density at radius 3 is 2.66 bits per heavy atom. The fourth-order valence-electron chi connectivity index (χ4n) is 4.19. The van der Waals surface area contributed by atoms with Gasteiger partial charge < -0.3 is 9.84 Å². The van der Waals surface area contributed by atoms with Crippen molar-refractivity contribution >= 4 is 34.8 Å². The predicted molar refractivity (Wildman–Crippen MR) is 121 cm³/mol. The Bertz CT molecular complexity index is 1290. The third-order valence-electron chi connectivity index (χ3n) is 5.95. The molecule has 1 aliphatic rings. The van der Waals surface area contributed by atoms with Crippen LogP contribution in [0.25, 0.3) is 11.3 Å². The average Bonchev–Trinajstić information content (AvgIpc) is 3.29. The lowest BCUT2D eigenvalue weighted by molar-refractivity contribution is 0.101. The number of hydrogen-bond donors (Lipinski definition) is 1. The van der Waals surface area contributed by atoms with Gasteiger partial charge in [-0.15, -0.1) is 0 Å². The molecule has 1 saturated carbocycles. The van der Waals surface area contributed by atoms with Crippen molar-refractivity contribution in [2.45, 2.75) is 45.1 Å². The van der Waals surface area contributed by atoms with Gasteiger partial charge in [-0.2, -0.15) is 5.26 Å². The van der Waals surface area contributed by atoms with E-state index in [2.05, 4.69) is 10.5 Å². The molecule has 2 heterocycles. The quantitative estimate of drug-likeness (QED) is 0.567. The summed E-state index contributed by atoms with van der Waals surface area (Å²) in [7, 11) is 1.80. The lowest BCUT2D eigenvalue weighted by Crippen LogP contribution is -2.29. The van der Waals surface area contributed by atoms with Crippen LogP contribution < -0.4 is 10.9 Å². The van der Waals surface area contributed by atoms with Gasteiger partial charge in [0.05, 0.1) is 16.8 Å². The molecule has 3 aromatic rings. The second kappa shape index (κ2) is 8.85. The number of rotatable bonds is 4. The van der Waals surface area contributed by atoms with Crippen LogP contribution in [0.4, 0.5) is 5.69 Å². The summed E-state index contributed by atoms with van der Waals surface area (Å²) in [5.41, 5.74) is 0.606. The second-order valence-electron chi connectivity index (χ2n) is 7.85. The molecule has 2 aromatic heterocycles. The van der Waals surface area contributed by atoms with Crippen LogP contribution in [0.1, 0.15) is 59.9 Å². The van der Waals surface area contributed by atoms with Crippen LogP contribution in [-0.2, 0) is 7.05 Å². The van der Waals surface area contributed by atoms with E-state index in [1.807, 2.05) is 6.07 Å². The highest BCUT2D eigenvalue weighted by atomic mass is 35.5. The Kier molecular flexibility index (Phi) is 6.13. The van der Waals surface area contributed by atoms with Gasteiger partial charge in [0.1, 0.15) is 17.3 Å². The first-order chi connectivity index (χ1) is 15.3. The number of hydrogen-bond acceptors (Lipinski definition) is 5. The number of aromatic nitrogens is 3. The van der Waals surface area contributed by atoms with E-state index in [9.17, 15) is 14.9 Å². The summed E-state index contributed by atoms with van der Waals surface area (Å²) < 4.78 is 8.77. The fourth-order valence-corrected chi connectivity index (χ4v) is 4.68. The Balaban J connectivity index is 1.68. The topological polar surface area (TPSA) is 106 Å². The predicted octanol–water partition coefficient (Wildman–Crippen LogP) is 5.09. The first kappa shape index (κ1) is 22.2. The molecule has 4 rings (SSSR count). The molecule has 0 aliphatic heterocycles. The van der Waals surface area contributed by atoms with Gasteiger partial charge in [-0.3, -0.25) is 14.3 Å². The number of carbonyl (C=O) groups is 1. The van der Waals surface area contributed by atoms with E-state index in [0.29, 0.717) is 16.3 Å². The van der Waals surface area contributed by atoms with Crippen molar-refractivity contribution in [2.75, 3.05) is 5.32 Å². The van der Waals surface area contributed by atoms with E-state index >= 15 is 0 Å². The Labute approximate surface area is 194 Å². The summed E-state index contributed by atoms with van der Waals surface area (Å²) in [6.45, 7) is 1.77. The SMILES string of the molecule is Cc1c(NC(=O)c2noc(-c3ccc(Cl)cc3Cl)c2C#N)c(=O)n(C2CCCCC2)n1C. The molecule has 0 saturated heterocycles. The van der Waals surface area contributed by atoms with Crippen molar-refractivity contribution in [1.29, 1.82) is 5.26 Å². The Morgan fingerprint density at radius 2 is 2.00 bits per heavy atom. The van der Waals surface area contributed by atoms with Gasteiger partial charge in [0.2, 0.25) is 0 Å². The number of amides is 1. The first-order valence-corrected chi connectivity index (χ1v) is 11.0. The molecule has 0 spiro atoms. The zero-order chi connectivity index (χ0) is 23.0. The zero-order valence-corrected chi connectivity index (χ0v) is 19.1. The second-order valence-corrected chi connectivity index (χ2v) is 8.69. The molecule has 0 unspecified atom stereocenters. The molecule has 166 valence electrons. The number of nitrogens with one attached hydrogen (secondary N) is 1. The van der Waals surface area contributed by atoms with Gasteiger partial charge in [0.15, 0.2) is 11.5 Å². The van der Waals surface area contributed by atoms with Crippen LogP contribution in [0.5, 0.6) is 0 Å². The van der Waals surface area contributed by atoms with Gasteiger partial charge in [-0.25, -0.2) is 4.68 Å². The van der Waals surface area contributed by atoms with Crippen LogP contribution in [-0.4, -0.2) is 20.4 Å². The van der Waals surface area contributed by atoms with Gasteiger partial charge in [-0.1, -0.05) is 47.6 Å². The highest BCUT2D eigenvalue weighted by Gasteiger charge is 2.28. The third kappa shape index (κ3) is 3.83. The minimum absolute atomic E-state index is 0.0590.